The summed E-state index contributed by atoms with van der Waals surface area (Å²) in [5, 5.41) is 1.06. The van der Waals surface area contributed by atoms with E-state index < -0.39 is 9.84 Å². The molecular formula is C14H20N2O2S. The Morgan fingerprint density at radius 3 is 2.58 bits per heavy atom. The number of nitrogens with two attached hydrogens (primary N) is 1. The number of hydrogen-bond donors (Lipinski definition) is 1. The van der Waals surface area contributed by atoms with Gasteiger partial charge in [-0.15, -0.1) is 0 Å². The fourth-order valence-electron chi connectivity index (χ4n) is 2.40. The highest BCUT2D eigenvalue weighted by Crippen LogP contribution is 2.25. The first-order valence-corrected chi connectivity index (χ1v) is 8.35. The van der Waals surface area contributed by atoms with Gasteiger partial charge in [0.2, 0.25) is 0 Å². The molecule has 0 aliphatic heterocycles. The van der Waals surface area contributed by atoms with Crippen LogP contribution in [0.25, 0.3) is 10.9 Å². The lowest BCUT2D eigenvalue weighted by molar-refractivity contribution is 0.594. The summed E-state index contributed by atoms with van der Waals surface area (Å²) >= 11 is 0. The molecule has 0 aliphatic rings. The summed E-state index contributed by atoms with van der Waals surface area (Å²) in [6, 6.07) is 7.93. The van der Waals surface area contributed by atoms with Crippen molar-refractivity contribution in [2.45, 2.75) is 32.7 Å². The molecule has 0 unspecified atom stereocenters. The van der Waals surface area contributed by atoms with E-state index >= 15 is 0 Å². The lowest BCUT2D eigenvalue weighted by atomic mass is 10.1. The van der Waals surface area contributed by atoms with Crippen LogP contribution in [0.1, 0.15) is 25.1 Å². The molecule has 0 fully saturated rings. The Labute approximate surface area is 114 Å². The van der Waals surface area contributed by atoms with Crippen LogP contribution in [0.3, 0.4) is 0 Å². The Kier molecular flexibility index (Phi) is 3.96. The van der Waals surface area contributed by atoms with E-state index in [1.807, 2.05) is 31.2 Å². The maximum atomic E-state index is 11.8. The summed E-state index contributed by atoms with van der Waals surface area (Å²) in [6.45, 7) is 4.92. The molecule has 1 aromatic heterocycles. The van der Waals surface area contributed by atoms with Crippen LogP contribution in [0.2, 0.25) is 0 Å². The molecule has 0 spiro atoms. The molecule has 104 valence electrons. The molecule has 0 amide bonds. The van der Waals surface area contributed by atoms with E-state index in [4.69, 9.17) is 5.73 Å². The van der Waals surface area contributed by atoms with Crippen LogP contribution in [-0.4, -0.2) is 18.7 Å². The van der Waals surface area contributed by atoms with Crippen LogP contribution in [0.5, 0.6) is 0 Å². The van der Waals surface area contributed by atoms with Gasteiger partial charge in [0, 0.05) is 35.4 Å². The van der Waals surface area contributed by atoms with E-state index in [0.29, 0.717) is 6.54 Å². The van der Waals surface area contributed by atoms with Crippen molar-refractivity contribution in [2.75, 3.05) is 5.75 Å². The molecule has 0 bridgehead atoms. The quantitative estimate of drug-likeness (QED) is 0.911. The predicted octanol–water partition coefficient (Wildman–Crippen LogP) is 2.05. The third kappa shape index (κ3) is 2.67. The Hall–Kier alpha value is -1.33. The minimum Gasteiger partial charge on any atom is -0.344 e. The number of fused-ring (bicyclic) bond motifs is 1. The monoisotopic (exact) mass is 280 g/mol. The summed E-state index contributed by atoms with van der Waals surface area (Å²) in [4.78, 5) is 0. The first kappa shape index (κ1) is 14.1. The summed E-state index contributed by atoms with van der Waals surface area (Å²) in [5.41, 5.74) is 8.71. The van der Waals surface area contributed by atoms with Gasteiger partial charge in [0.05, 0.1) is 5.75 Å². The first-order chi connectivity index (χ1) is 9.02. The SMILES string of the molecule is CCn1c(CS(=O)(=O)CC)cc2c(CN)cccc21. The van der Waals surface area contributed by atoms with Crippen molar-refractivity contribution in [2.24, 2.45) is 5.73 Å². The van der Waals surface area contributed by atoms with Gasteiger partial charge in [-0.2, -0.15) is 0 Å². The average Bonchev–Trinajstić information content (AvgIpc) is 2.74. The van der Waals surface area contributed by atoms with Crippen molar-refractivity contribution >= 4 is 20.7 Å². The van der Waals surface area contributed by atoms with Gasteiger partial charge in [0.15, 0.2) is 9.84 Å². The molecule has 0 radical (unpaired) electrons. The summed E-state index contributed by atoms with van der Waals surface area (Å²) in [5.74, 6) is 0.262. The number of sulfone groups is 1. The van der Waals surface area contributed by atoms with Gasteiger partial charge in [-0.3, -0.25) is 0 Å². The maximum Gasteiger partial charge on any atom is 0.155 e. The van der Waals surface area contributed by atoms with Crippen LogP contribution in [0.4, 0.5) is 0 Å². The maximum absolute atomic E-state index is 11.8. The fraction of sp³-hybridized carbons (Fsp3) is 0.429. The Balaban J connectivity index is 2.62. The number of rotatable bonds is 5. The van der Waals surface area contributed by atoms with Crippen LogP contribution in [0, 0.1) is 0 Å². The van der Waals surface area contributed by atoms with Crippen molar-refractivity contribution < 1.29 is 8.42 Å². The summed E-state index contributed by atoms with van der Waals surface area (Å²) < 4.78 is 25.7. The molecule has 2 N–H and O–H groups in total. The number of hydrogen-bond acceptors (Lipinski definition) is 3. The third-order valence-electron chi connectivity index (χ3n) is 3.47. The minimum absolute atomic E-state index is 0.0933. The van der Waals surface area contributed by atoms with Crippen LogP contribution in [-0.2, 0) is 28.7 Å². The average molecular weight is 280 g/mol. The van der Waals surface area contributed by atoms with E-state index in [9.17, 15) is 8.42 Å². The molecule has 0 saturated heterocycles. The fourth-order valence-corrected chi connectivity index (χ4v) is 3.29. The number of aromatic nitrogens is 1. The topological polar surface area (TPSA) is 65.1 Å². The third-order valence-corrected chi connectivity index (χ3v) is 5.08. The zero-order valence-corrected chi connectivity index (χ0v) is 12.2. The van der Waals surface area contributed by atoms with Crippen molar-refractivity contribution in [3.8, 4) is 0 Å². The molecule has 4 nitrogen and oxygen atoms in total. The summed E-state index contributed by atoms with van der Waals surface area (Å²) in [7, 11) is -3.02. The molecule has 0 saturated carbocycles. The van der Waals surface area contributed by atoms with Gasteiger partial charge in [-0.25, -0.2) is 8.42 Å². The minimum atomic E-state index is -3.02. The predicted molar refractivity (Wildman–Crippen MR) is 78.7 cm³/mol. The first-order valence-electron chi connectivity index (χ1n) is 6.53. The molecule has 0 atom stereocenters. The molecule has 1 aromatic carbocycles. The second kappa shape index (κ2) is 5.35. The van der Waals surface area contributed by atoms with Gasteiger partial charge in [0.25, 0.3) is 0 Å². The van der Waals surface area contributed by atoms with E-state index in [1.165, 1.54) is 0 Å². The highest BCUT2D eigenvalue weighted by atomic mass is 32.2. The molecule has 19 heavy (non-hydrogen) atoms. The van der Waals surface area contributed by atoms with Crippen molar-refractivity contribution in [1.82, 2.24) is 4.57 Å². The Morgan fingerprint density at radius 2 is 2.00 bits per heavy atom. The van der Waals surface area contributed by atoms with E-state index in [-0.39, 0.29) is 11.5 Å². The van der Waals surface area contributed by atoms with Crippen LogP contribution in [0.15, 0.2) is 24.3 Å². The Morgan fingerprint density at radius 1 is 1.26 bits per heavy atom. The van der Waals surface area contributed by atoms with E-state index in [1.54, 1.807) is 6.92 Å². The van der Waals surface area contributed by atoms with Crippen molar-refractivity contribution in [3.63, 3.8) is 0 Å². The van der Waals surface area contributed by atoms with Gasteiger partial charge in [-0.05, 0) is 24.6 Å². The normalized spacial score (nSPS) is 12.2. The van der Waals surface area contributed by atoms with Gasteiger partial charge in [-0.1, -0.05) is 19.1 Å². The zero-order valence-electron chi connectivity index (χ0n) is 11.4. The lowest BCUT2D eigenvalue weighted by Crippen LogP contribution is -2.10. The standard InChI is InChI=1S/C14H20N2O2S/c1-3-16-12(10-19(17,18)4-2)8-13-11(9-15)6-5-7-14(13)16/h5-8H,3-4,9-10,15H2,1-2H3. The number of benzene rings is 1. The largest absolute Gasteiger partial charge is 0.344 e. The lowest BCUT2D eigenvalue weighted by Gasteiger charge is -2.08. The highest BCUT2D eigenvalue weighted by molar-refractivity contribution is 7.90. The second-order valence-corrected chi connectivity index (χ2v) is 6.96. The van der Waals surface area contributed by atoms with Gasteiger partial charge in [0.1, 0.15) is 0 Å². The van der Waals surface area contributed by atoms with Crippen LogP contribution >= 0.6 is 0 Å². The molecule has 5 heteroatoms. The van der Waals surface area contributed by atoms with Crippen LogP contribution < -0.4 is 5.73 Å². The molecular weight excluding hydrogens is 260 g/mol. The number of aryl methyl sites for hydroxylation is 1. The van der Waals surface area contributed by atoms with E-state index in [0.717, 1.165) is 28.7 Å². The molecule has 2 aromatic rings. The molecule has 0 aliphatic carbocycles. The van der Waals surface area contributed by atoms with Crippen molar-refractivity contribution in [3.05, 3.63) is 35.5 Å². The molecule has 1 heterocycles. The molecule has 2 rings (SSSR count). The van der Waals surface area contributed by atoms with Gasteiger partial charge < -0.3 is 10.3 Å². The summed E-state index contributed by atoms with van der Waals surface area (Å²) in [6.07, 6.45) is 0. The van der Waals surface area contributed by atoms with Crippen molar-refractivity contribution in [1.29, 1.82) is 0 Å². The smallest absolute Gasteiger partial charge is 0.155 e. The highest BCUT2D eigenvalue weighted by Gasteiger charge is 2.15. The van der Waals surface area contributed by atoms with E-state index in [2.05, 4.69) is 4.57 Å². The van der Waals surface area contributed by atoms with Gasteiger partial charge >= 0.3 is 0 Å². The Bertz CT molecular complexity index is 687. The second-order valence-electron chi connectivity index (χ2n) is 4.61. The zero-order chi connectivity index (χ0) is 14.0. The number of nitrogens with zero attached hydrogens (tertiary/aromatic N) is 1.